The molecule has 0 fully saturated rings. The van der Waals surface area contributed by atoms with Gasteiger partial charge in [-0.15, -0.1) is 0 Å². The Morgan fingerprint density at radius 3 is 3.00 bits per heavy atom. The first-order valence-corrected chi connectivity index (χ1v) is 6.64. The highest BCUT2D eigenvalue weighted by atomic mass is 16.5. The third kappa shape index (κ3) is 3.05. The largest absolute Gasteiger partial charge is 0.383 e. The average molecular weight is 262 g/mol. The molecule has 0 aliphatic rings. The lowest BCUT2D eigenvalue weighted by Gasteiger charge is -2.16. The summed E-state index contributed by atoms with van der Waals surface area (Å²) in [6, 6.07) is 6.08. The van der Waals surface area contributed by atoms with Crippen molar-refractivity contribution in [3.63, 3.8) is 0 Å². The van der Waals surface area contributed by atoms with Crippen LogP contribution in [0.2, 0.25) is 0 Å². The Hall–Kier alpha value is -1.59. The molecule has 1 N–H and O–H groups in total. The summed E-state index contributed by atoms with van der Waals surface area (Å²) >= 11 is 0. The standard InChI is InChI=1S/C14H22N4O/c1-4-17(2)14-12(11-15-8-10-19-3)18-9-6-5-7-13(18)16-14/h5-7,9,15H,4,8,10-11H2,1-3H3. The SMILES string of the molecule is CCN(C)c1nc2ccccn2c1CNCCOC. The van der Waals surface area contributed by atoms with Crippen LogP contribution < -0.4 is 10.2 Å². The number of rotatable bonds is 7. The lowest BCUT2D eigenvalue weighted by Crippen LogP contribution is -2.23. The minimum absolute atomic E-state index is 0.718. The number of imidazole rings is 1. The molecule has 2 rings (SSSR count). The number of aromatic nitrogens is 2. The monoisotopic (exact) mass is 262 g/mol. The summed E-state index contributed by atoms with van der Waals surface area (Å²) in [6.07, 6.45) is 2.06. The van der Waals surface area contributed by atoms with Crippen molar-refractivity contribution in [3.05, 3.63) is 30.1 Å². The zero-order valence-corrected chi connectivity index (χ0v) is 11.9. The van der Waals surface area contributed by atoms with Gasteiger partial charge in [0.2, 0.25) is 0 Å². The third-order valence-electron chi connectivity index (χ3n) is 3.22. The van der Waals surface area contributed by atoms with E-state index in [4.69, 9.17) is 9.72 Å². The van der Waals surface area contributed by atoms with Crippen LogP contribution in [-0.2, 0) is 11.3 Å². The van der Waals surface area contributed by atoms with Crippen molar-refractivity contribution in [2.24, 2.45) is 0 Å². The van der Waals surface area contributed by atoms with E-state index in [9.17, 15) is 0 Å². The van der Waals surface area contributed by atoms with E-state index in [1.165, 1.54) is 5.69 Å². The van der Waals surface area contributed by atoms with Gasteiger partial charge < -0.3 is 19.4 Å². The predicted molar refractivity (Wildman–Crippen MR) is 77.7 cm³/mol. The lowest BCUT2D eigenvalue weighted by molar-refractivity contribution is 0.199. The molecule has 0 atom stereocenters. The molecular weight excluding hydrogens is 240 g/mol. The average Bonchev–Trinajstić information content (AvgIpc) is 2.81. The van der Waals surface area contributed by atoms with Crippen LogP contribution in [-0.4, -0.2) is 43.2 Å². The molecule has 0 spiro atoms. The number of nitrogens with zero attached hydrogens (tertiary/aromatic N) is 3. The topological polar surface area (TPSA) is 41.8 Å². The van der Waals surface area contributed by atoms with Crippen LogP contribution in [0, 0.1) is 0 Å². The first-order chi connectivity index (χ1) is 9.27. The van der Waals surface area contributed by atoms with Crippen molar-refractivity contribution in [2.45, 2.75) is 13.5 Å². The second-order valence-electron chi connectivity index (χ2n) is 4.49. The minimum Gasteiger partial charge on any atom is -0.383 e. The van der Waals surface area contributed by atoms with E-state index in [1.807, 2.05) is 18.2 Å². The maximum atomic E-state index is 5.05. The predicted octanol–water partition coefficient (Wildman–Crippen LogP) is 1.53. The zero-order chi connectivity index (χ0) is 13.7. The molecule has 0 saturated carbocycles. The summed E-state index contributed by atoms with van der Waals surface area (Å²) in [7, 11) is 3.78. The van der Waals surface area contributed by atoms with Crippen molar-refractivity contribution < 1.29 is 4.74 Å². The van der Waals surface area contributed by atoms with E-state index >= 15 is 0 Å². The number of hydrogen-bond acceptors (Lipinski definition) is 4. The first-order valence-electron chi connectivity index (χ1n) is 6.64. The molecule has 0 bridgehead atoms. The molecule has 2 heterocycles. The fraction of sp³-hybridized carbons (Fsp3) is 0.500. The van der Waals surface area contributed by atoms with Gasteiger partial charge in [0.25, 0.3) is 0 Å². The quantitative estimate of drug-likeness (QED) is 0.768. The Bertz CT molecular complexity index is 523. The van der Waals surface area contributed by atoms with E-state index in [1.54, 1.807) is 7.11 Å². The molecule has 2 aromatic rings. The van der Waals surface area contributed by atoms with Gasteiger partial charge in [-0.2, -0.15) is 0 Å². The van der Waals surface area contributed by atoms with Crippen molar-refractivity contribution >= 4 is 11.5 Å². The van der Waals surface area contributed by atoms with Crippen molar-refractivity contribution in [2.75, 3.05) is 38.8 Å². The van der Waals surface area contributed by atoms with Gasteiger partial charge in [-0.3, -0.25) is 0 Å². The summed E-state index contributed by atoms with van der Waals surface area (Å²) in [4.78, 5) is 6.87. The summed E-state index contributed by atoms with van der Waals surface area (Å²) in [5.41, 5.74) is 2.18. The molecule has 0 radical (unpaired) electrons. The van der Waals surface area contributed by atoms with Crippen molar-refractivity contribution in [3.8, 4) is 0 Å². The van der Waals surface area contributed by atoms with Crippen molar-refractivity contribution in [1.82, 2.24) is 14.7 Å². The van der Waals surface area contributed by atoms with Crippen LogP contribution in [0.15, 0.2) is 24.4 Å². The van der Waals surface area contributed by atoms with Crippen LogP contribution in [0.4, 0.5) is 5.82 Å². The fourth-order valence-corrected chi connectivity index (χ4v) is 2.03. The number of hydrogen-bond donors (Lipinski definition) is 1. The summed E-state index contributed by atoms with van der Waals surface area (Å²) < 4.78 is 7.19. The second kappa shape index (κ2) is 6.54. The fourth-order valence-electron chi connectivity index (χ4n) is 2.03. The van der Waals surface area contributed by atoms with Gasteiger partial charge in [0.15, 0.2) is 5.82 Å². The number of fused-ring (bicyclic) bond motifs is 1. The summed E-state index contributed by atoms with van der Waals surface area (Å²) in [5, 5.41) is 3.39. The zero-order valence-electron chi connectivity index (χ0n) is 11.9. The van der Waals surface area contributed by atoms with Crippen LogP contribution in [0.3, 0.4) is 0 Å². The smallest absolute Gasteiger partial charge is 0.152 e. The van der Waals surface area contributed by atoms with Crippen LogP contribution in [0.1, 0.15) is 12.6 Å². The Morgan fingerprint density at radius 2 is 2.26 bits per heavy atom. The van der Waals surface area contributed by atoms with Crippen LogP contribution >= 0.6 is 0 Å². The van der Waals surface area contributed by atoms with Gasteiger partial charge in [0, 0.05) is 40.0 Å². The molecule has 0 saturated heterocycles. The maximum Gasteiger partial charge on any atom is 0.152 e. The number of anilines is 1. The Morgan fingerprint density at radius 1 is 1.42 bits per heavy atom. The third-order valence-corrected chi connectivity index (χ3v) is 3.22. The Labute approximate surface area is 114 Å². The van der Waals surface area contributed by atoms with Gasteiger partial charge in [-0.25, -0.2) is 4.98 Å². The summed E-state index contributed by atoms with van der Waals surface area (Å²) in [5.74, 6) is 1.04. The Balaban J connectivity index is 2.26. The molecular formula is C14H22N4O. The maximum absolute atomic E-state index is 5.05. The van der Waals surface area contributed by atoms with Crippen molar-refractivity contribution in [1.29, 1.82) is 0 Å². The lowest BCUT2D eigenvalue weighted by atomic mass is 10.3. The highest BCUT2D eigenvalue weighted by molar-refractivity contribution is 5.55. The van der Waals surface area contributed by atoms with Gasteiger partial charge in [0.1, 0.15) is 5.65 Å². The first kappa shape index (κ1) is 13.8. The van der Waals surface area contributed by atoms with E-state index in [-0.39, 0.29) is 0 Å². The van der Waals surface area contributed by atoms with E-state index in [2.05, 4.69) is 34.8 Å². The molecule has 19 heavy (non-hydrogen) atoms. The van der Waals surface area contributed by atoms with Gasteiger partial charge in [-0.05, 0) is 19.1 Å². The molecule has 104 valence electrons. The molecule has 0 unspecified atom stereocenters. The number of methoxy groups -OCH3 is 1. The normalized spacial score (nSPS) is 11.1. The highest BCUT2D eigenvalue weighted by Gasteiger charge is 2.13. The highest BCUT2D eigenvalue weighted by Crippen LogP contribution is 2.20. The molecule has 0 aliphatic carbocycles. The molecule has 5 heteroatoms. The van der Waals surface area contributed by atoms with E-state index < -0.39 is 0 Å². The molecule has 0 aliphatic heterocycles. The van der Waals surface area contributed by atoms with E-state index in [0.29, 0.717) is 0 Å². The van der Waals surface area contributed by atoms with Crippen LogP contribution in [0.25, 0.3) is 5.65 Å². The number of nitrogens with one attached hydrogen (secondary N) is 1. The molecule has 5 nitrogen and oxygen atoms in total. The molecule has 0 amide bonds. The second-order valence-corrected chi connectivity index (χ2v) is 4.49. The molecule has 0 aromatic carbocycles. The number of pyridine rings is 1. The summed E-state index contributed by atoms with van der Waals surface area (Å²) in [6.45, 7) is 5.41. The van der Waals surface area contributed by atoms with E-state index in [0.717, 1.165) is 37.7 Å². The minimum atomic E-state index is 0.718. The number of ether oxygens (including phenoxy) is 1. The van der Waals surface area contributed by atoms with Gasteiger partial charge in [-0.1, -0.05) is 6.07 Å². The Kier molecular flexibility index (Phi) is 4.76. The van der Waals surface area contributed by atoms with Crippen LogP contribution in [0.5, 0.6) is 0 Å². The molecule has 2 aromatic heterocycles. The van der Waals surface area contributed by atoms with Gasteiger partial charge >= 0.3 is 0 Å². The van der Waals surface area contributed by atoms with Gasteiger partial charge in [0.05, 0.1) is 12.3 Å².